The summed E-state index contributed by atoms with van der Waals surface area (Å²) < 4.78 is 13.2. The second kappa shape index (κ2) is 13.7. The number of nitro groups is 1. The average molecular weight is 595 g/mol. The van der Waals surface area contributed by atoms with Crippen molar-refractivity contribution in [2.45, 2.75) is 38.1 Å². The summed E-state index contributed by atoms with van der Waals surface area (Å²) in [4.78, 5) is 15.3. The SMILES string of the molecule is NCc1ccccc1-c1ccc(C2OC(CN3CCN(c4ccc([N+](=O)[O-])cc4)CC3)CC(c3ccc(CO)cc3)O2)cc1. The predicted molar refractivity (Wildman–Crippen MR) is 170 cm³/mol. The topological polar surface area (TPSA) is 114 Å². The van der Waals surface area contributed by atoms with Crippen LogP contribution < -0.4 is 10.6 Å². The van der Waals surface area contributed by atoms with Gasteiger partial charge in [0, 0.05) is 69.1 Å². The van der Waals surface area contributed by atoms with Gasteiger partial charge in [0.15, 0.2) is 6.29 Å². The largest absolute Gasteiger partial charge is 0.392 e. The number of hydrogen-bond acceptors (Lipinski definition) is 8. The van der Waals surface area contributed by atoms with E-state index in [1.54, 1.807) is 12.1 Å². The Bertz CT molecular complexity index is 1540. The molecule has 2 saturated heterocycles. The van der Waals surface area contributed by atoms with Crippen LogP contribution in [-0.4, -0.2) is 53.8 Å². The normalized spacial score (nSPS) is 20.9. The highest BCUT2D eigenvalue weighted by molar-refractivity contribution is 5.67. The van der Waals surface area contributed by atoms with Crippen LogP contribution in [0.1, 0.15) is 41.1 Å². The van der Waals surface area contributed by atoms with Crippen LogP contribution >= 0.6 is 0 Å². The molecule has 2 aliphatic rings. The quantitative estimate of drug-likeness (QED) is 0.191. The fourth-order valence-corrected chi connectivity index (χ4v) is 6.09. The number of anilines is 1. The molecule has 2 heterocycles. The van der Waals surface area contributed by atoms with Crippen LogP contribution in [0.3, 0.4) is 0 Å². The third-order valence-corrected chi connectivity index (χ3v) is 8.61. The van der Waals surface area contributed by atoms with Crippen molar-refractivity contribution in [2.75, 3.05) is 37.6 Å². The second-order valence-corrected chi connectivity index (χ2v) is 11.4. The molecule has 0 amide bonds. The van der Waals surface area contributed by atoms with Gasteiger partial charge in [-0.25, -0.2) is 0 Å². The standard InChI is InChI=1S/C35H38N4O5/c36-22-29-3-1-2-4-33(29)26-9-11-28(12-10-26)35-43-32(21-34(44-35)27-7-5-25(24-40)6-8-27)23-37-17-19-38(20-18-37)30-13-15-31(16-14-30)39(41)42/h1-16,32,34-35,40H,17-24,36H2. The van der Waals surface area contributed by atoms with Crippen molar-refractivity contribution in [2.24, 2.45) is 5.73 Å². The molecule has 2 aliphatic heterocycles. The molecule has 228 valence electrons. The highest BCUT2D eigenvalue weighted by Crippen LogP contribution is 2.39. The van der Waals surface area contributed by atoms with Crippen LogP contribution in [-0.2, 0) is 22.6 Å². The first kappa shape index (κ1) is 29.9. The first-order valence-electron chi connectivity index (χ1n) is 15.1. The van der Waals surface area contributed by atoms with Crippen LogP contribution in [0, 0.1) is 10.1 Å². The number of aliphatic hydroxyl groups is 1. The summed E-state index contributed by atoms with van der Waals surface area (Å²) in [6, 6.07) is 31.3. The Morgan fingerprint density at radius 1 is 0.841 bits per heavy atom. The monoisotopic (exact) mass is 594 g/mol. The van der Waals surface area contributed by atoms with Gasteiger partial charge in [-0.3, -0.25) is 15.0 Å². The smallest absolute Gasteiger partial charge is 0.269 e. The van der Waals surface area contributed by atoms with Gasteiger partial charge in [0.25, 0.3) is 5.69 Å². The number of nitro benzene ring substituents is 1. The van der Waals surface area contributed by atoms with Gasteiger partial charge < -0.3 is 25.2 Å². The Balaban J connectivity index is 1.16. The van der Waals surface area contributed by atoms with Gasteiger partial charge >= 0.3 is 0 Å². The van der Waals surface area contributed by atoms with E-state index in [-0.39, 0.29) is 29.4 Å². The zero-order chi connectivity index (χ0) is 30.5. The minimum absolute atomic E-state index is 0.00561. The van der Waals surface area contributed by atoms with Crippen molar-refractivity contribution >= 4 is 11.4 Å². The molecule has 0 bridgehead atoms. The zero-order valence-electron chi connectivity index (χ0n) is 24.6. The molecular formula is C35H38N4O5. The Hall–Kier alpha value is -4.12. The van der Waals surface area contributed by atoms with E-state index in [0.717, 1.165) is 78.2 Å². The number of piperazine rings is 1. The van der Waals surface area contributed by atoms with Crippen LogP contribution in [0.15, 0.2) is 97.1 Å². The molecule has 4 aromatic rings. The van der Waals surface area contributed by atoms with E-state index < -0.39 is 6.29 Å². The first-order chi connectivity index (χ1) is 21.5. The number of benzene rings is 4. The van der Waals surface area contributed by atoms with Gasteiger partial charge in [0.1, 0.15) is 0 Å². The van der Waals surface area contributed by atoms with Gasteiger partial charge in [-0.15, -0.1) is 0 Å². The van der Waals surface area contributed by atoms with Crippen molar-refractivity contribution in [3.8, 4) is 11.1 Å². The third-order valence-electron chi connectivity index (χ3n) is 8.61. The third kappa shape index (κ3) is 6.83. The van der Waals surface area contributed by atoms with Gasteiger partial charge in [0.05, 0.1) is 23.7 Å². The summed E-state index contributed by atoms with van der Waals surface area (Å²) in [5.41, 5.74) is 13.3. The lowest BCUT2D eigenvalue weighted by molar-refractivity contribution is -0.384. The lowest BCUT2D eigenvalue weighted by atomic mass is 9.97. The maximum absolute atomic E-state index is 11.0. The Labute approximate surface area is 257 Å². The summed E-state index contributed by atoms with van der Waals surface area (Å²) in [6.07, 6.45) is 0.0151. The fourth-order valence-electron chi connectivity index (χ4n) is 6.09. The first-order valence-corrected chi connectivity index (χ1v) is 15.1. The number of aliphatic hydroxyl groups excluding tert-OH is 1. The van der Waals surface area contributed by atoms with Crippen LogP contribution in [0.25, 0.3) is 11.1 Å². The molecular weight excluding hydrogens is 556 g/mol. The summed E-state index contributed by atoms with van der Waals surface area (Å²) in [7, 11) is 0. The summed E-state index contributed by atoms with van der Waals surface area (Å²) >= 11 is 0. The molecule has 0 aliphatic carbocycles. The molecule has 44 heavy (non-hydrogen) atoms. The molecule has 3 unspecified atom stereocenters. The molecule has 3 atom stereocenters. The number of rotatable bonds is 9. The highest BCUT2D eigenvalue weighted by Gasteiger charge is 2.34. The molecule has 0 saturated carbocycles. The molecule has 9 heteroatoms. The Morgan fingerprint density at radius 3 is 2.18 bits per heavy atom. The van der Waals surface area contributed by atoms with Crippen molar-refractivity contribution < 1.29 is 19.5 Å². The van der Waals surface area contributed by atoms with E-state index >= 15 is 0 Å². The van der Waals surface area contributed by atoms with Crippen molar-refractivity contribution in [1.29, 1.82) is 0 Å². The van der Waals surface area contributed by atoms with Gasteiger partial charge in [-0.1, -0.05) is 72.8 Å². The van der Waals surface area contributed by atoms with E-state index in [1.807, 2.05) is 48.5 Å². The van der Waals surface area contributed by atoms with Crippen molar-refractivity contribution in [3.63, 3.8) is 0 Å². The van der Waals surface area contributed by atoms with Crippen molar-refractivity contribution in [1.82, 2.24) is 4.90 Å². The van der Waals surface area contributed by atoms with E-state index in [1.165, 1.54) is 0 Å². The minimum Gasteiger partial charge on any atom is -0.392 e. The highest BCUT2D eigenvalue weighted by atomic mass is 16.7. The number of nitrogens with zero attached hydrogens (tertiary/aromatic N) is 3. The van der Waals surface area contributed by atoms with E-state index in [9.17, 15) is 15.2 Å². The molecule has 0 aromatic heterocycles. The van der Waals surface area contributed by atoms with E-state index in [2.05, 4.69) is 46.2 Å². The van der Waals surface area contributed by atoms with E-state index in [0.29, 0.717) is 6.54 Å². The number of hydrogen-bond donors (Lipinski definition) is 2. The van der Waals surface area contributed by atoms with Gasteiger partial charge in [0.2, 0.25) is 0 Å². The van der Waals surface area contributed by atoms with E-state index in [4.69, 9.17) is 15.2 Å². The minimum atomic E-state index is -0.517. The molecule has 0 spiro atoms. The molecule has 2 fully saturated rings. The van der Waals surface area contributed by atoms with Crippen LogP contribution in [0.2, 0.25) is 0 Å². The molecule has 4 aromatic carbocycles. The Kier molecular flexibility index (Phi) is 9.30. The second-order valence-electron chi connectivity index (χ2n) is 11.4. The van der Waals surface area contributed by atoms with Crippen molar-refractivity contribution in [3.05, 3.63) is 129 Å². The molecule has 3 N–H and O–H groups in total. The maximum Gasteiger partial charge on any atom is 0.269 e. The summed E-state index contributed by atoms with van der Waals surface area (Å²) in [6.45, 7) is 4.67. The number of non-ortho nitro benzene ring substituents is 1. The number of nitrogens with two attached hydrogens (primary N) is 1. The molecule has 0 radical (unpaired) electrons. The molecule has 9 nitrogen and oxygen atoms in total. The summed E-state index contributed by atoms with van der Waals surface area (Å²) in [5.74, 6) is 0. The van der Waals surface area contributed by atoms with Crippen LogP contribution in [0.4, 0.5) is 11.4 Å². The van der Waals surface area contributed by atoms with Gasteiger partial charge in [-0.2, -0.15) is 0 Å². The fraction of sp³-hybridized carbons (Fsp3) is 0.314. The molecule has 6 rings (SSSR count). The predicted octanol–water partition coefficient (Wildman–Crippen LogP) is 5.58. The number of ether oxygens (including phenoxy) is 2. The lowest BCUT2D eigenvalue weighted by Crippen LogP contribution is -2.49. The lowest BCUT2D eigenvalue weighted by Gasteiger charge is -2.41. The average Bonchev–Trinajstić information content (AvgIpc) is 3.08. The maximum atomic E-state index is 11.0. The zero-order valence-corrected chi connectivity index (χ0v) is 24.6. The summed E-state index contributed by atoms with van der Waals surface area (Å²) in [5, 5.41) is 20.5. The Morgan fingerprint density at radius 2 is 1.52 bits per heavy atom. The van der Waals surface area contributed by atoms with Gasteiger partial charge in [-0.05, 0) is 39.9 Å². The van der Waals surface area contributed by atoms with Crippen LogP contribution in [0.5, 0.6) is 0 Å².